The maximum absolute atomic E-state index is 12.9. The van der Waals surface area contributed by atoms with Gasteiger partial charge in [0.25, 0.3) is 6.47 Å². The van der Waals surface area contributed by atoms with Crippen molar-refractivity contribution in [3.63, 3.8) is 0 Å². The van der Waals surface area contributed by atoms with Gasteiger partial charge in [-0.1, -0.05) is 56.3 Å². The van der Waals surface area contributed by atoms with Gasteiger partial charge in [0.2, 0.25) is 10.0 Å². The Morgan fingerprint density at radius 1 is 1.10 bits per heavy atom. The minimum Gasteiger partial charge on any atom is -0.463 e. The Morgan fingerprint density at radius 3 is 2.35 bits per heavy atom. The minimum absolute atomic E-state index is 0.00564. The zero-order valence-corrected chi connectivity index (χ0v) is 18.7. The summed E-state index contributed by atoms with van der Waals surface area (Å²) < 4.78 is 28.2. The van der Waals surface area contributed by atoms with E-state index in [4.69, 9.17) is 9.88 Å². The number of hydrogen-bond donors (Lipinski definition) is 2. The molecule has 0 aromatic heterocycles. The van der Waals surface area contributed by atoms with Crippen molar-refractivity contribution in [3.8, 4) is 0 Å². The van der Waals surface area contributed by atoms with Crippen molar-refractivity contribution in [1.82, 2.24) is 0 Å². The Morgan fingerprint density at radius 2 is 1.74 bits per heavy atom. The maximum atomic E-state index is 12.9. The number of para-hydroxylation sites is 1. The van der Waals surface area contributed by atoms with Crippen LogP contribution in [0.1, 0.15) is 37.0 Å². The number of sulfonamides is 1. The monoisotopic (exact) mass is 446 g/mol. The van der Waals surface area contributed by atoms with Crippen molar-refractivity contribution < 1.29 is 22.7 Å². The number of aryl methyl sites for hydroxylation is 1. The predicted molar refractivity (Wildman–Crippen MR) is 121 cm³/mol. The molecule has 0 aliphatic rings. The highest BCUT2D eigenvalue weighted by Crippen LogP contribution is 2.19. The van der Waals surface area contributed by atoms with E-state index in [1.807, 2.05) is 12.1 Å². The SMILES string of the molecule is CC(C)Cc1ccc(CCC(=O)C(CS(N)(=O)=O)Nc2ccccc2COC=O)cc1. The van der Waals surface area contributed by atoms with Crippen molar-refractivity contribution in [2.75, 3.05) is 11.1 Å². The van der Waals surface area contributed by atoms with Crippen LogP contribution in [0.2, 0.25) is 0 Å². The molecule has 2 rings (SSSR count). The Kier molecular flexibility index (Phi) is 9.21. The first kappa shape index (κ1) is 24.6. The fourth-order valence-corrected chi connectivity index (χ4v) is 4.03. The molecule has 0 saturated heterocycles. The number of primary sulfonamides is 1. The molecule has 31 heavy (non-hydrogen) atoms. The van der Waals surface area contributed by atoms with Crippen LogP contribution in [0.4, 0.5) is 5.69 Å². The molecule has 3 N–H and O–H groups in total. The number of ether oxygens (including phenoxy) is 1. The molecule has 168 valence electrons. The highest BCUT2D eigenvalue weighted by Gasteiger charge is 2.24. The number of carbonyl (C=O) groups excluding carboxylic acids is 2. The van der Waals surface area contributed by atoms with Crippen LogP contribution in [0.15, 0.2) is 48.5 Å². The molecule has 7 nitrogen and oxygen atoms in total. The third-order valence-electron chi connectivity index (χ3n) is 4.77. The zero-order chi connectivity index (χ0) is 22.9. The summed E-state index contributed by atoms with van der Waals surface area (Å²) in [5.41, 5.74) is 3.40. The molecule has 0 spiro atoms. The molecule has 8 heteroatoms. The van der Waals surface area contributed by atoms with E-state index in [2.05, 4.69) is 31.3 Å². The van der Waals surface area contributed by atoms with Crippen LogP contribution in [0.3, 0.4) is 0 Å². The lowest BCUT2D eigenvalue weighted by atomic mass is 9.99. The van der Waals surface area contributed by atoms with Crippen LogP contribution in [-0.4, -0.2) is 32.5 Å². The van der Waals surface area contributed by atoms with E-state index in [1.165, 1.54) is 5.56 Å². The van der Waals surface area contributed by atoms with Gasteiger partial charge in [0, 0.05) is 17.7 Å². The highest BCUT2D eigenvalue weighted by molar-refractivity contribution is 7.89. The van der Waals surface area contributed by atoms with Gasteiger partial charge in [-0.15, -0.1) is 0 Å². The first-order valence-electron chi connectivity index (χ1n) is 10.2. The third-order valence-corrected chi connectivity index (χ3v) is 5.57. The van der Waals surface area contributed by atoms with Crippen LogP contribution in [0.25, 0.3) is 0 Å². The lowest BCUT2D eigenvalue weighted by Crippen LogP contribution is -2.39. The van der Waals surface area contributed by atoms with Crippen molar-refractivity contribution in [3.05, 3.63) is 65.2 Å². The second-order valence-corrected chi connectivity index (χ2v) is 9.63. The molecule has 0 radical (unpaired) electrons. The van der Waals surface area contributed by atoms with Gasteiger partial charge in [-0.25, -0.2) is 13.6 Å². The van der Waals surface area contributed by atoms with E-state index in [0.29, 0.717) is 30.1 Å². The predicted octanol–water partition coefficient (Wildman–Crippen LogP) is 2.83. The summed E-state index contributed by atoms with van der Waals surface area (Å²) in [5.74, 6) is -0.217. The largest absolute Gasteiger partial charge is 0.463 e. The fourth-order valence-electron chi connectivity index (χ4n) is 3.30. The standard InChI is InChI=1S/C23H30N2O5S/c1-17(2)13-19-9-7-18(8-10-19)11-12-23(27)22(15-31(24,28)29)25-21-6-4-3-5-20(21)14-30-16-26/h3-10,16-17,22,25H,11-15H2,1-2H3,(H2,24,28,29). The number of anilines is 1. The maximum Gasteiger partial charge on any atom is 0.293 e. The lowest BCUT2D eigenvalue weighted by molar-refractivity contribution is -0.129. The summed E-state index contributed by atoms with van der Waals surface area (Å²) in [7, 11) is -3.89. The smallest absolute Gasteiger partial charge is 0.293 e. The first-order chi connectivity index (χ1) is 14.7. The van der Waals surface area contributed by atoms with Gasteiger partial charge in [0.15, 0.2) is 5.78 Å². The Balaban J connectivity index is 2.09. The van der Waals surface area contributed by atoms with Gasteiger partial charge in [-0.3, -0.25) is 9.59 Å². The molecule has 0 heterocycles. The van der Waals surface area contributed by atoms with Gasteiger partial charge < -0.3 is 10.1 Å². The molecular formula is C23H30N2O5S. The number of hydrogen-bond acceptors (Lipinski definition) is 6. The van der Waals surface area contributed by atoms with Gasteiger partial charge >= 0.3 is 0 Å². The lowest BCUT2D eigenvalue weighted by Gasteiger charge is -2.20. The molecule has 1 atom stereocenters. The molecule has 0 amide bonds. The number of rotatable bonds is 13. The van der Waals surface area contributed by atoms with E-state index >= 15 is 0 Å². The van der Waals surface area contributed by atoms with Crippen LogP contribution in [0.5, 0.6) is 0 Å². The summed E-state index contributed by atoms with van der Waals surface area (Å²) in [6.45, 7) is 4.66. The minimum atomic E-state index is -3.89. The van der Waals surface area contributed by atoms with E-state index in [0.717, 1.165) is 12.0 Å². The molecule has 1 unspecified atom stereocenters. The van der Waals surface area contributed by atoms with Crippen molar-refractivity contribution in [1.29, 1.82) is 0 Å². The van der Waals surface area contributed by atoms with Crippen molar-refractivity contribution >= 4 is 28.0 Å². The van der Waals surface area contributed by atoms with Gasteiger partial charge in [0.05, 0.1) is 5.75 Å². The summed E-state index contributed by atoms with van der Waals surface area (Å²) in [6, 6.07) is 14.0. The number of nitrogens with one attached hydrogen (secondary N) is 1. The van der Waals surface area contributed by atoms with Crippen molar-refractivity contribution in [2.24, 2.45) is 11.1 Å². The van der Waals surface area contributed by atoms with Crippen LogP contribution < -0.4 is 10.5 Å². The van der Waals surface area contributed by atoms with E-state index in [9.17, 15) is 18.0 Å². The fraction of sp³-hybridized carbons (Fsp3) is 0.391. The van der Waals surface area contributed by atoms with Crippen LogP contribution >= 0.6 is 0 Å². The van der Waals surface area contributed by atoms with E-state index < -0.39 is 21.8 Å². The van der Waals surface area contributed by atoms with Gasteiger partial charge in [-0.2, -0.15) is 0 Å². The Hall–Kier alpha value is -2.71. The summed E-state index contributed by atoms with van der Waals surface area (Å²) in [5, 5.41) is 8.19. The highest BCUT2D eigenvalue weighted by atomic mass is 32.2. The van der Waals surface area contributed by atoms with E-state index in [1.54, 1.807) is 24.3 Å². The molecule has 0 bridgehead atoms. The second kappa shape index (κ2) is 11.6. The number of carbonyl (C=O) groups is 2. The van der Waals surface area contributed by atoms with Gasteiger partial charge in [0.1, 0.15) is 12.6 Å². The van der Waals surface area contributed by atoms with Crippen LogP contribution in [0, 0.1) is 5.92 Å². The summed E-state index contributed by atoms with van der Waals surface area (Å²) >= 11 is 0. The molecule has 0 aliphatic heterocycles. The average molecular weight is 447 g/mol. The van der Waals surface area contributed by atoms with Gasteiger partial charge in [-0.05, 0) is 36.0 Å². The third kappa shape index (κ3) is 8.90. The topological polar surface area (TPSA) is 116 Å². The molecular weight excluding hydrogens is 416 g/mol. The molecule has 0 fully saturated rings. The molecule has 0 aliphatic carbocycles. The quantitative estimate of drug-likeness (QED) is 0.457. The summed E-state index contributed by atoms with van der Waals surface area (Å²) in [4.78, 5) is 23.4. The zero-order valence-electron chi connectivity index (χ0n) is 17.9. The molecule has 2 aromatic carbocycles. The van der Waals surface area contributed by atoms with Crippen molar-refractivity contribution in [2.45, 2.75) is 45.8 Å². The number of benzene rings is 2. The van der Waals surface area contributed by atoms with E-state index in [-0.39, 0.29) is 18.8 Å². The number of Topliss-reactive ketones (excluding diaryl/α,β-unsaturated/α-hetero) is 1. The van der Waals surface area contributed by atoms with Crippen LogP contribution in [-0.2, 0) is 43.8 Å². The second-order valence-electron chi connectivity index (χ2n) is 7.97. The average Bonchev–Trinajstić information content (AvgIpc) is 2.70. The summed E-state index contributed by atoms with van der Waals surface area (Å²) in [6.07, 6.45) is 1.66. The normalized spacial score (nSPS) is 12.4. The Labute approximate surface area is 184 Å². The first-order valence-corrected chi connectivity index (χ1v) is 11.9. The Bertz CT molecular complexity index is 972. The number of nitrogens with two attached hydrogens (primary N) is 1. The molecule has 2 aromatic rings. The molecule has 0 saturated carbocycles. The number of ketones is 1.